The first kappa shape index (κ1) is 30.2. The molecule has 0 spiro atoms. The number of likely N-dealkylation sites (N-methyl/N-ethyl adjacent to an activating group) is 1. The minimum Gasteiger partial charge on any atom is -0.388 e. The van der Waals surface area contributed by atoms with E-state index in [1.165, 1.54) is 96.3 Å². The minimum absolute atomic E-state index is 0.228. The van der Waals surface area contributed by atoms with Crippen molar-refractivity contribution >= 4 is 11.6 Å². The molecule has 2 unspecified atom stereocenters. The van der Waals surface area contributed by atoms with E-state index in [0.717, 1.165) is 43.5 Å². The van der Waals surface area contributed by atoms with Gasteiger partial charge in [-0.25, -0.2) is 0 Å². The molecule has 30 heavy (non-hydrogen) atoms. The molecule has 0 aliphatic carbocycles. The topological polar surface area (TPSA) is 20.2 Å². The van der Waals surface area contributed by atoms with Gasteiger partial charge in [0.2, 0.25) is 0 Å². The third-order valence-electron chi connectivity index (χ3n) is 7.03. The zero-order valence-electron chi connectivity index (χ0n) is 21.3. The molecular formula is C27H57ClNO+. The van der Waals surface area contributed by atoms with Crippen LogP contribution in [0.1, 0.15) is 137 Å². The molecular weight excluding hydrogens is 390 g/mol. The number of aliphatic hydroxyl groups excluding tert-OH is 1. The molecule has 0 aromatic carbocycles. The molecule has 0 aliphatic heterocycles. The van der Waals surface area contributed by atoms with Crippen molar-refractivity contribution in [1.29, 1.82) is 0 Å². The molecule has 0 fully saturated rings. The smallest absolute Gasteiger partial charge is 0.105 e. The Balaban J connectivity index is 3.49. The lowest BCUT2D eigenvalue weighted by molar-refractivity contribution is -0.927. The molecule has 0 saturated heterocycles. The van der Waals surface area contributed by atoms with Crippen LogP contribution in [0.2, 0.25) is 0 Å². The molecule has 0 radical (unpaired) electrons. The molecule has 0 bridgehead atoms. The molecule has 0 aliphatic rings. The van der Waals surface area contributed by atoms with Crippen LogP contribution in [0.25, 0.3) is 0 Å². The van der Waals surface area contributed by atoms with Gasteiger partial charge in [-0.2, -0.15) is 0 Å². The summed E-state index contributed by atoms with van der Waals surface area (Å²) in [6.07, 6.45) is 23.2. The van der Waals surface area contributed by atoms with Gasteiger partial charge in [0.25, 0.3) is 0 Å². The van der Waals surface area contributed by atoms with Crippen LogP contribution < -0.4 is 0 Å². The molecule has 0 rings (SSSR count). The molecule has 0 aromatic heterocycles. The van der Waals surface area contributed by atoms with Crippen LogP contribution in [0.4, 0.5) is 0 Å². The van der Waals surface area contributed by atoms with Gasteiger partial charge in [0.15, 0.2) is 0 Å². The highest BCUT2D eigenvalue weighted by Gasteiger charge is 2.26. The quantitative estimate of drug-likeness (QED) is 0.0946. The Morgan fingerprint density at radius 2 is 1.03 bits per heavy atom. The van der Waals surface area contributed by atoms with E-state index < -0.39 is 0 Å². The fourth-order valence-corrected chi connectivity index (χ4v) is 5.00. The van der Waals surface area contributed by atoms with Crippen molar-refractivity contribution < 1.29 is 9.59 Å². The summed E-state index contributed by atoms with van der Waals surface area (Å²) >= 11 is 6.62. The summed E-state index contributed by atoms with van der Waals surface area (Å²) in [5, 5.41) is 10.1. The van der Waals surface area contributed by atoms with E-state index in [1.54, 1.807) is 0 Å². The van der Waals surface area contributed by atoms with E-state index in [1.807, 2.05) is 6.92 Å². The highest BCUT2D eigenvalue weighted by Crippen LogP contribution is 2.19. The average Bonchev–Trinajstić information content (AvgIpc) is 2.73. The Bertz CT molecular complexity index is 344. The first-order valence-electron chi connectivity index (χ1n) is 13.7. The molecule has 0 saturated carbocycles. The van der Waals surface area contributed by atoms with Crippen LogP contribution in [0, 0.1) is 0 Å². The lowest BCUT2D eigenvalue weighted by Crippen LogP contribution is -2.52. The molecule has 1 N–H and O–H groups in total. The number of halogens is 1. The summed E-state index contributed by atoms with van der Waals surface area (Å²) in [6.45, 7) is 12.8. The van der Waals surface area contributed by atoms with Crippen molar-refractivity contribution in [2.24, 2.45) is 0 Å². The zero-order chi connectivity index (χ0) is 22.5. The van der Waals surface area contributed by atoms with E-state index in [2.05, 4.69) is 20.8 Å². The van der Waals surface area contributed by atoms with Crippen LogP contribution in [-0.2, 0) is 0 Å². The summed E-state index contributed by atoms with van der Waals surface area (Å²) < 4.78 is 1.000. The number of aliphatic hydroxyl groups is 1. The summed E-state index contributed by atoms with van der Waals surface area (Å²) in [5.41, 5.74) is 0. The summed E-state index contributed by atoms with van der Waals surface area (Å²) in [5.74, 6) is 0. The summed E-state index contributed by atoms with van der Waals surface area (Å²) in [4.78, 5) is 0. The van der Waals surface area contributed by atoms with Crippen LogP contribution in [0.15, 0.2) is 0 Å². The highest BCUT2D eigenvalue weighted by molar-refractivity contribution is 6.20. The number of unbranched alkanes of at least 4 members (excludes halogenated alkanes) is 14. The predicted molar refractivity (Wildman–Crippen MR) is 137 cm³/mol. The van der Waals surface area contributed by atoms with Gasteiger partial charge in [0.1, 0.15) is 12.6 Å². The fraction of sp³-hybridized carbons (Fsp3) is 1.00. The van der Waals surface area contributed by atoms with E-state index >= 15 is 0 Å². The van der Waals surface area contributed by atoms with Crippen molar-refractivity contribution in [3.05, 3.63) is 0 Å². The SMILES string of the molecule is CCCCCCCCCCCCCCCCCC(Cl)CC[N+](CC)(CC)CC(C)O. The van der Waals surface area contributed by atoms with Crippen molar-refractivity contribution in [3.8, 4) is 0 Å². The maximum absolute atomic E-state index is 9.82. The maximum Gasteiger partial charge on any atom is 0.105 e. The zero-order valence-corrected chi connectivity index (χ0v) is 22.0. The summed E-state index contributed by atoms with van der Waals surface area (Å²) in [6, 6.07) is 0. The van der Waals surface area contributed by atoms with Crippen molar-refractivity contribution in [2.75, 3.05) is 26.2 Å². The first-order valence-corrected chi connectivity index (χ1v) is 14.1. The molecule has 0 aromatic rings. The van der Waals surface area contributed by atoms with E-state index in [0.29, 0.717) is 5.38 Å². The van der Waals surface area contributed by atoms with Crippen molar-refractivity contribution in [2.45, 2.75) is 148 Å². The second-order valence-electron chi connectivity index (χ2n) is 9.85. The molecule has 2 nitrogen and oxygen atoms in total. The molecule has 182 valence electrons. The third kappa shape index (κ3) is 17.8. The molecule has 3 heteroatoms. The van der Waals surface area contributed by atoms with E-state index in [4.69, 9.17) is 11.6 Å². The number of nitrogens with zero attached hydrogens (tertiary/aromatic N) is 1. The highest BCUT2D eigenvalue weighted by atomic mass is 35.5. The number of rotatable bonds is 23. The number of alkyl halides is 1. The number of quaternary nitrogens is 1. The second kappa shape index (κ2) is 21.1. The van der Waals surface area contributed by atoms with Gasteiger partial charge in [-0.3, -0.25) is 0 Å². The minimum atomic E-state index is -0.228. The average molecular weight is 447 g/mol. The van der Waals surface area contributed by atoms with Crippen LogP contribution >= 0.6 is 11.6 Å². The molecule has 0 heterocycles. The van der Waals surface area contributed by atoms with Crippen LogP contribution in [0.5, 0.6) is 0 Å². The Kier molecular flexibility index (Phi) is 21.2. The van der Waals surface area contributed by atoms with Crippen molar-refractivity contribution in [3.63, 3.8) is 0 Å². The standard InChI is InChI=1S/C27H57ClNO/c1-5-8-9-10-11-12-13-14-15-16-17-18-19-20-21-22-27(28)23-24-29(6-2,7-3)25-26(4)30/h26-27,30H,5-25H2,1-4H3/q+1. The van der Waals surface area contributed by atoms with Gasteiger partial charge in [-0.05, 0) is 27.2 Å². The van der Waals surface area contributed by atoms with Gasteiger partial charge in [-0.15, -0.1) is 11.6 Å². The number of hydrogen-bond acceptors (Lipinski definition) is 1. The van der Waals surface area contributed by atoms with Gasteiger partial charge in [0, 0.05) is 11.8 Å². The lowest BCUT2D eigenvalue weighted by atomic mass is 10.0. The van der Waals surface area contributed by atoms with Gasteiger partial charge in [0.05, 0.1) is 19.6 Å². The Morgan fingerprint density at radius 3 is 1.40 bits per heavy atom. The third-order valence-corrected chi connectivity index (χ3v) is 7.47. The Hall–Kier alpha value is 0.210. The van der Waals surface area contributed by atoms with Crippen molar-refractivity contribution in [1.82, 2.24) is 0 Å². The fourth-order valence-electron chi connectivity index (χ4n) is 4.75. The second-order valence-corrected chi connectivity index (χ2v) is 10.5. The molecule has 0 amide bonds. The monoisotopic (exact) mass is 446 g/mol. The lowest BCUT2D eigenvalue weighted by Gasteiger charge is -2.38. The van der Waals surface area contributed by atoms with Gasteiger partial charge < -0.3 is 9.59 Å². The largest absolute Gasteiger partial charge is 0.388 e. The van der Waals surface area contributed by atoms with Crippen LogP contribution in [-0.4, -0.2) is 47.2 Å². The predicted octanol–water partition coefficient (Wildman–Crippen LogP) is 8.48. The number of hydrogen-bond donors (Lipinski definition) is 1. The van der Waals surface area contributed by atoms with E-state index in [-0.39, 0.29) is 6.10 Å². The Morgan fingerprint density at radius 1 is 0.633 bits per heavy atom. The van der Waals surface area contributed by atoms with Crippen LogP contribution in [0.3, 0.4) is 0 Å². The van der Waals surface area contributed by atoms with Gasteiger partial charge >= 0.3 is 0 Å². The molecule has 2 atom stereocenters. The van der Waals surface area contributed by atoms with Gasteiger partial charge in [-0.1, -0.05) is 103 Å². The van der Waals surface area contributed by atoms with E-state index in [9.17, 15) is 5.11 Å². The summed E-state index contributed by atoms with van der Waals surface area (Å²) in [7, 11) is 0. The maximum atomic E-state index is 9.82. The normalized spacial score (nSPS) is 14.2. The Labute approximate surface area is 195 Å². The first-order chi connectivity index (χ1) is 14.5.